The highest BCUT2D eigenvalue weighted by molar-refractivity contribution is 5.80. The topological polar surface area (TPSA) is 61.8 Å². The summed E-state index contributed by atoms with van der Waals surface area (Å²) >= 11 is 0. The molecule has 5 heteroatoms. The van der Waals surface area contributed by atoms with Gasteiger partial charge in [0.1, 0.15) is 5.54 Å². The fourth-order valence-electron chi connectivity index (χ4n) is 2.89. The molecule has 0 aromatic carbocycles. The largest absolute Gasteiger partial charge is 0.480 e. The van der Waals surface area contributed by atoms with Gasteiger partial charge in [0.15, 0.2) is 0 Å². The molecule has 1 saturated heterocycles. The number of hydrogen-bond donors (Lipinski definition) is 2. The van der Waals surface area contributed by atoms with Crippen LogP contribution in [0.4, 0.5) is 0 Å². The fraction of sp³-hybridized carbons (Fsp3) is 0.917. The molecule has 2 rings (SSSR count). The van der Waals surface area contributed by atoms with E-state index in [9.17, 15) is 9.90 Å². The third-order valence-electron chi connectivity index (χ3n) is 3.88. The summed E-state index contributed by atoms with van der Waals surface area (Å²) < 4.78 is 5.50. The van der Waals surface area contributed by atoms with Gasteiger partial charge in [0.05, 0.1) is 6.10 Å². The number of nitrogens with zero attached hydrogens (tertiary/aromatic N) is 1. The first kappa shape index (κ1) is 12.8. The molecule has 98 valence electrons. The Morgan fingerprint density at radius 1 is 1.47 bits per heavy atom. The molecule has 2 aliphatic rings. The van der Waals surface area contributed by atoms with E-state index in [1.54, 1.807) is 0 Å². The van der Waals surface area contributed by atoms with Crippen LogP contribution in [0, 0.1) is 0 Å². The Hall–Kier alpha value is -0.650. The first-order chi connectivity index (χ1) is 8.19. The molecular formula is C12H22N2O3. The van der Waals surface area contributed by atoms with Crippen molar-refractivity contribution in [3.05, 3.63) is 0 Å². The molecule has 1 aliphatic carbocycles. The summed E-state index contributed by atoms with van der Waals surface area (Å²) in [4.78, 5) is 13.7. The molecule has 2 N–H and O–H groups in total. The van der Waals surface area contributed by atoms with Crippen molar-refractivity contribution in [2.45, 2.75) is 37.8 Å². The number of aliphatic carboxylic acids is 1. The molecule has 0 aromatic heterocycles. The van der Waals surface area contributed by atoms with Gasteiger partial charge in [-0.2, -0.15) is 0 Å². The van der Waals surface area contributed by atoms with Gasteiger partial charge in [-0.15, -0.1) is 0 Å². The van der Waals surface area contributed by atoms with Crippen molar-refractivity contribution < 1.29 is 14.6 Å². The molecule has 0 spiro atoms. The molecule has 0 radical (unpaired) electrons. The second-order valence-corrected chi connectivity index (χ2v) is 4.91. The minimum atomic E-state index is -0.685. The van der Waals surface area contributed by atoms with Crippen LogP contribution in [0.25, 0.3) is 0 Å². The number of rotatable bonds is 4. The first-order valence-electron chi connectivity index (χ1n) is 6.50. The number of carboxylic acid groups (broad SMARTS) is 1. The van der Waals surface area contributed by atoms with Crippen LogP contribution in [-0.2, 0) is 9.53 Å². The van der Waals surface area contributed by atoms with Gasteiger partial charge in [-0.3, -0.25) is 9.69 Å². The van der Waals surface area contributed by atoms with Crippen LogP contribution in [0.3, 0.4) is 0 Å². The molecule has 1 heterocycles. The van der Waals surface area contributed by atoms with Gasteiger partial charge in [-0.25, -0.2) is 0 Å². The standard InChI is InChI=1S/C12H22N2O3/c1-2-17-10-8-12(9-10,11(15)16)14-6-3-4-13-5-7-14/h10,13H,2-9H2,1H3,(H,15,16). The van der Waals surface area contributed by atoms with Gasteiger partial charge in [-0.05, 0) is 19.9 Å². The van der Waals surface area contributed by atoms with Crippen molar-refractivity contribution in [3.8, 4) is 0 Å². The summed E-state index contributed by atoms with van der Waals surface area (Å²) in [6.45, 7) is 6.19. The Labute approximate surface area is 102 Å². The number of nitrogens with one attached hydrogen (secondary N) is 1. The molecule has 0 atom stereocenters. The fourth-order valence-corrected chi connectivity index (χ4v) is 2.89. The zero-order valence-corrected chi connectivity index (χ0v) is 10.4. The Morgan fingerprint density at radius 3 is 2.88 bits per heavy atom. The van der Waals surface area contributed by atoms with E-state index in [1.165, 1.54) is 0 Å². The van der Waals surface area contributed by atoms with E-state index in [2.05, 4.69) is 10.2 Å². The van der Waals surface area contributed by atoms with Crippen molar-refractivity contribution in [1.82, 2.24) is 10.2 Å². The van der Waals surface area contributed by atoms with E-state index in [-0.39, 0.29) is 6.10 Å². The van der Waals surface area contributed by atoms with Crippen LogP contribution in [-0.4, -0.2) is 60.4 Å². The van der Waals surface area contributed by atoms with Gasteiger partial charge < -0.3 is 15.2 Å². The van der Waals surface area contributed by atoms with E-state index >= 15 is 0 Å². The average Bonchev–Trinajstić information content (AvgIpc) is 2.50. The van der Waals surface area contributed by atoms with E-state index in [0.29, 0.717) is 19.4 Å². The van der Waals surface area contributed by atoms with Gasteiger partial charge >= 0.3 is 5.97 Å². The lowest BCUT2D eigenvalue weighted by atomic mass is 9.72. The predicted molar refractivity (Wildman–Crippen MR) is 64.1 cm³/mol. The molecule has 0 bridgehead atoms. The Morgan fingerprint density at radius 2 is 2.24 bits per heavy atom. The van der Waals surface area contributed by atoms with Crippen molar-refractivity contribution in [2.75, 3.05) is 32.8 Å². The molecule has 1 saturated carbocycles. The normalized spacial score (nSPS) is 35.0. The molecular weight excluding hydrogens is 220 g/mol. The summed E-state index contributed by atoms with van der Waals surface area (Å²) in [5.74, 6) is -0.685. The summed E-state index contributed by atoms with van der Waals surface area (Å²) in [7, 11) is 0. The third-order valence-corrected chi connectivity index (χ3v) is 3.88. The van der Waals surface area contributed by atoms with Gasteiger partial charge in [-0.1, -0.05) is 0 Å². The second kappa shape index (κ2) is 5.33. The monoisotopic (exact) mass is 242 g/mol. The van der Waals surface area contributed by atoms with Gasteiger partial charge in [0, 0.05) is 39.1 Å². The maximum Gasteiger partial charge on any atom is 0.324 e. The number of carbonyl (C=O) groups is 1. The minimum Gasteiger partial charge on any atom is -0.480 e. The summed E-state index contributed by atoms with van der Waals surface area (Å²) in [6.07, 6.45) is 2.42. The lowest BCUT2D eigenvalue weighted by Gasteiger charge is -2.50. The van der Waals surface area contributed by atoms with E-state index < -0.39 is 11.5 Å². The predicted octanol–water partition coefficient (Wildman–Crippen LogP) is 0.304. The average molecular weight is 242 g/mol. The van der Waals surface area contributed by atoms with E-state index in [1.807, 2.05) is 6.92 Å². The maximum absolute atomic E-state index is 11.5. The third kappa shape index (κ3) is 2.46. The quantitative estimate of drug-likeness (QED) is 0.742. The summed E-state index contributed by atoms with van der Waals surface area (Å²) in [5.41, 5.74) is -0.661. The smallest absolute Gasteiger partial charge is 0.324 e. The Balaban J connectivity index is 2.00. The van der Waals surface area contributed by atoms with Crippen LogP contribution >= 0.6 is 0 Å². The van der Waals surface area contributed by atoms with Crippen molar-refractivity contribution in [2.24, 2.45) is 0 Å². The highest BCUT2D eigenvalue weighted by Gasteiger charge is 2.54. The van der Waals surface area contributed by atoms with E-state index in [4.69, 9.17) is 4.74 Å². The van der Waals surface area contributed by atoms with Crippen LogP contribution in [0.15, 0.2) is 0 Å². The molecule has 0 amide bonds. The molecule has 1 aliphatic heterocycles. The Bertz CT molecular complexity index is 269. The molecule has 0 aromatic rings. The van der Waals surface area contributed by atoms with Crippen LogP contribution in [0.1, 0.15) is 26.2 Å². The Kier molecular flexibility index (Phi) is 4.01. The van der Waals surface area contributed by atoms with Crippen LogP contribution < -0.4 is 5.32 Å². The summed E-state index contributed by atoms with van der Waals surface area (Å²) in [6, 6.07) is 0. The molecule has 17 heavy (non-hydrogen) atoms. The zero-order chi connectivity index (χ0) is 12.3. The molecule has 0 unspecified atom stereocenters. The SMILES string of the molecule is CCOC1CC(C(=O)O)(N2CCCNCC2)C1. The lowest BCUT2D eigenvalue weighted by Crippen LogP contribution is -2.65. The van der Waals surface area contributed by atoms with Crippen molar-refractivity contribution in [1.29, 1.82) is 0 Å². The van der Waals surface area contributed by atoms with Crippen LogP contribution in [0.5, 0.6) is 0 Å². The maximum atomic E-state index is 11.5. The lowest BCUT2D eigenvalue weighted by molar-refractivity contribution is -0.172. The van der Waals surface area contributed by atoms with Gasteiger partial charge in [0.2, 0.25) is 0 Å². The van der Waals surface area contributed by atoms with Gasteiger partial charge in [0.25, 0.3) is 0 Å². The highest BCUT2D eigenvalue weighted by atomic mass is 16.5. The molecule has 5 nitrogen and oxygen atoms in total. The molecule has 2 fully saturated rings. The first-order valence-corrected chi connectivity index (χ1v) is 6.50. The number of carboxylic acids is 1. The highest BCUT2D eigenvalue weighted by Crippen LogP contribution is 2.40. The number of hydrogen-bond acceptors (Lipinski definition) is 4. The zero-order valence-electron chi connectivity index (χ0n) is 10.4. The van der Waals surface area contributed by atoms with Crippen molar-refractivity contribution in [3.63, 3.8) is 0 Å². The minimum absolute atomic E-state index is 0.132. The van der Waals surface area contributed by atoms with E-state index in [0.717, 1.165) is 32.6 Å². The second-order valence-electron chi connectivity index (χ2n) is 4.91. The van der Waals surface area contributed by atoms with Crippen LogP contribution in [0.2, 0.25) is 0 Å². The summed E-state index contributed by atoms with van der Waals surface area (Å²) in [5, 5.41) is 12.8. The van der Waals surface area contributed by atoms with Crippen molar-refractivity contribution >= 4 is 5.97 Å². The number of ether oxygens (including phenoxy) is 1.